The summed E-state index contributed by atoms with van der Waals surface area (Å²) in [4.78, 5) is 0. The molecule has 0 radical (unpaired) electrons. The molecule has 0 aliphatic heterocycles. The van der Waals surface area contributed by atoms with Crippen LogP contribution in [0.1, 0.15) is 57.7 Å². The lowest BCUT2D eigenvalue weighted by molar-refractivity contribution is 0.604. The zero-order chi connectivity index (χ0) is 14.1. The first-order valence-electron chi connectivity index (χ1n) is 7.65. The Bertz CT molecular complexity index is 334. The van der Waals surface area contributed by atoms with Crippen LogP contribution in [0, 0.1) is 0 Å². The van der Waals surface area contributed by atoms with Crippen LogP contribution in [0.5, 0.6) is 0 Å². The van der Waals surface area contributed by atoms with Gasteiger partial charge in [-0.05, 0) is 30.5 Å². The minimum Gasteiger partial charge on any atom is -0.310 e. The Morgan fingerprint density at radius 3 is 2.32 bits per heavy atom. The summed E-state index contributed by atoms with van der Waals surface area (Å²) < 4.78 is 0. The molecule has 0 fully saturated rings. The molecule has 0 bridgehead atoms. The second-order valence-corrected chi connectivity index (χ2v) is 6.63. The van der Waals surface area contributed by atoms with Crippen LogP contribution in [0.15, 0.2) is 24.3 Å². The van der Waals surface area contributed by atoms with Crippen LogP contribution in [0.2, 0.25) is 0 Å². The first-order valence-corrected chi connectivity index (χ1v) is 8.69. The van der Waals surface area contributed by atoms with Crippen LogP contribution in [-0.2, 0) is 6.42 Å². The summed E-state index contributed by atoms with van der Waals surface area (Å²) in [7, 11) is 0. The van der Waals surface area contributed by atoms with E-state index in [9.17, 15) is 0 Å². The molecule has 1 rings (SSSR count). The molecule has 1 nitrogen and oxygen atoms in total. The molecule has 1 aromatic carbocycles. The Kier molecular flexibility index (Phi) is 8.24. The van der Waals surface area contributed by atoms with Crippen LogP contribution in [0.25, 0.3) is 0 Å². The molecule has 0 saturated heterocycles. The van der Waals surface area contributed by atoms with Gasteiger partial charge < -0.3 is 5.32 Å². The van der Waals surface area contributed by atoms with Gasteiger partial charge in [-0.3, -0.25) is 0 Å². The predicted molar refractivity (Wildman–Crippen MR) is 89.1 cm³/mol. The van der Waals surface area contributed by atoms with Crippen LogP contribution < -0.4 is 5.32 Å². The van der Waals surface area contributed by atoms with E-state index in [2.05, 4.69) is 69.0 Å². The highest BCUT2D eigenvalue weighted by molar-refractivity contribution is 7.99. The van der Waals surface area contributed by atoms with Gasteiger partial charge in [-0.15, -0.1) is 0 Å². The molecule has 0 heterocycles. The van der Waals surface area contributed by atoms with Gasteiger partial charge in [0.1, 0.15) is 0 Å². The summed E-state index contributed by atoms with van der Waals surface area (Å²) in [6, 6.07) is 9.67. The first kappa shape index (κ1) is 16.6. The number of nitrogens with one attached hydrogen (secondary N) is 1. The molecule has 0 spiro atoms. The largest absolute Gasteiger partial charge is 0.310 e. The van der Waals surface area contributed by atoms with Crippen molar-refractivity contribution in [2.45, 2.75) is 58.2 Å². The Hall–Kier alpha value is -0.470. The first-order chi connectivity index (χ1) is 9.21. The highest BCUT2D eigenvalue weighted by atomic mass is 32.2. The molecule has 1 aromatic rings. The van der Waals surface area contributed by atoms with Crippen LogP contribution in [0.3, 0.4) is 0 Å². The summed E-state index contributed by atoms with van der Waals surface area (Å²) in [5, 5.41) is 4.36. The van der Waals surface area contributed by atoms with Gasteiger partial charge in [0.2, 0.25) is 0 Å². The van der Waals surface area contributed by atoms with Gasteiger partial charge in [0.15, 0.2) is 0 Å². The minimum absolute atomic E-state index is 0.486. The number of aryl methyl sites for hydroxylation is 1. The van der Waals surface area contributed by atoms with Crippen molar-refractivity contribution in [2.24, 2.45) is 0 Å². The third-order valence-corrected chi connectivity index (χ3v) is 4.92. The van der Waals surface area contributed by atoms with Crippen LogP contribution in [-0.4, -0.2) is 17.5 Å². The quantitative estimate of drug-likeness (QED) is 0.695. The van der Waals surface area contributed by atoms with E-state index in [0.29, 0.717) is 6.04 Å². The molecule has 2 heteroatoms. The van der Waals surface area contributed by atoms with Gasteiger partial charge in [0.25, 0.3) is 0 Å². The van der Waals surface area contributed by atoms with E-state index in [1.807, 2.05) is 0 Å². The second kappa shape index (κ2) is 9.44. The standard InChI is InChI=1S/C17H29NS/c1-5-8-15-9-11-16(12-10-15)17(18-7-3)13-19-14(4)6-2/h9-12,14,17-18H,5-8,13H2,1-4H3. The third-order valence-electron chi connectivity index (χ3n) is 3.49. The maximum atomic E-state index is 3.61. The van der Waals surface area contributed by atoms with Crippen molar-refractivity contribution in [3.63, 3.8) is 0 Å². The highest BCUT2D eigenvalue weighted by Crippen LogP contribution is 2.23. The maximum Gasteiger partial charge on any atom is 0.0411 e. The highest BCUT2D eigenvalue weighted by Gasteiger charge is 2.11. The summed E-state index contributed by atoms with van der Waals surface area (Å²) >= 11 is 2.07. The van der Waals surface area contributed by atoms with Crippen molar-refractivity contribution >= 4 is 11.8 Å². The normalized spacial score (nSPS) is 14.3. The summed E-state index contributed by atoms with van der Waals surface area (Å²) in [5.74, 6) is 1.16. The number of thioether (sulfide) groups is 1. The average molecular weight is 279 g/mol. The minimum atomic E-state index is 0.486. The van der Waals surface area contributed by atoms with E-state index in [0.717, 1.165) is 17.5 Å². The molecule has 0 aliphatic rings. The van der Waals surface area contributed by atoms with Crippen molar-refractivity contribution < 1.29 is 0 Å². The van der Waals surface area contributed by atoms with E-state index < -0.39 is 0 Å². The van der Waals surface area contributed by atoms with Crippen LogP contribution in [0.4, 0.5) is 0 Å². The third kappa shape index (κ3) is 6.01. The summed E-state index contributed by atoms with van der Waals surface area (Å²) in [6.07, 6.45) is 3.66. The predicted octanol–water partition coefficient (Wildman–Crippen LogP) is 4.82. The van der Waals surface area contributed by atoms with Crippen molar-refractivity contribution in [3.05, 3.63) is 35.4 Å². The molecule has 19 heavy (non-hydrogen) atoms. The van der Waals surface area contributed by atoms with Gasteiger partial charge in [-0.2, -0.15) is 11.8 Å². The molecule has 108 valence electrons. The Morgan fingerprint density at radius 2 is 1.79 bits per heavy atom. The SMILES string of the molecule is CCCc1ccc(C(CSC(C)CC)NCC)cc1. The van der Waals surface area contributed by atoms with Gasteiger partial charge in [0.05, 0.1) is 0 Å². The summed E-state index contributed by atoms with van der Waals surface area (Å²) in [6.45, 7) is 10.0. The fourth-order valence-corrected chi connectivity index (χ4v) is 3.17. The van der Waals surface area contributed by atoms with Gasteiger partial charge in [0, 0.05) is 17.0 Å². The molecule has 2 atom stereocenters. The lowest BCUT2D eigenvalue weighted by atomic mass is 10.0. The van der Waals surface area contributed by atoms with Gasteiger partial charge in [-0.1, -0.05) is 58.4 Å². The molecule has 0 saturated carbocycles. The topological polar surface area (TPSA) is 12.0 Å². The Morgan fingerprint density at radius 1 is 1.11 bits per heavy atom. The van der Waals surface area contributed by atoms with E-state index in [1.54, 1.807) is 0 Å². The van der Waals surface area contributed by atoms with Crippen molar-refractivity contribution in [3.8, 4) is 0 Å². The molecule has 0 amide bonds. The van der Waals surface area contributed by atoms with E-state index in [1.165, 1.54) is 30.4 Å². The van der Waals surface area contributed by atoms with Gasteiger partial charge in [-0.25, -0.2) is 0 Å². The lowest BCUT2D eigenvalue weighted by Crippen LogP contribution is -2.23. The van der Waals surface area contributed by atoms with E-state index in [4.69, 9.17) is 0 Å². The molecule has 2 unspecified atom stereocenters. The molecule has 0 aliphatic carbocycles. The van der Waals surface area contributed by atoms with E-state index >= 15 is 0 Å². The van der Waals surface area contributed by atoms with Crippen molar-refractivity contribution in [1.29, 1.82) is 0 Å². The molecular weight excluding hydrogens is 250 g/mol. The summed E-state index contributed by atoms with van der Waals surface area (Å²) in [5.41, 5.74) is 2.88. The molecular formula is C17H29NS. The van der Waals surface area contributed by atoms with Crippen molar-refractivity contribution in [2.75, 3.05) is 12.3 Å². The zero-order valence-electron chi connectivity index (χ0n) is 12.9. The van der Waals surface area contributed by atoms with Crippen LogP contribution >= 0.6 is 11.8 Å². The lowest BCUT2D eigenvalue weighted by Gasteiger charge is -2.20. The zero-order valence-corrected chi connectivity index (χ0v) is 13.7. The molecule has 1 N–H and O–H groups in total. The Labute approximate surface area is 123 Å². The smallest absolute Gasteiger partial charge is 0.0411 e. The number of hydrogen-bond acceptors (Lipinski definition) is 2. The number of hydrogen-bond donors (Lipinski definition) is 1. The number of benzene rings is 1. The van der Waals surface area contributed by atoms with Gasteiger partial charge >= 0.3 is 0 Å². The van der Waals surface area contributed by atoms with E-state index in [-0.39, 0.29) is 0 Å². The average Bonchev–Trinajstić information content (AvgIpc) is 2.44. The monoisotopic (exact) mass is 279 g/mol. The second-order valence-electron chi connectivity index (χ2n) is 5.15. The Balaban J connectivity index is 2.63. The van der Waals surface area contributed by atoms with Crippen molar-refractivity contribution in [1.82, 2.24) is 5.32 Å². The fourth-order valence-electron chi connectivity index (χ4n) is 2.10. The fraction of sp³-hybridized carbons (Fsp3) is 0.647. The maximum absolute atomic E-state index is 3.61. The molecule has 0 aromatic heterocycles. The number of rotatable bonds is 9.